The Balaban J connectivity index is 3.82. The SMILES string of the molecule is CCC(CCN)CCC(=O)N(C)CCCC(=O)O. The van der Waals surface area contributed by atoms with E-state index in [1.54, 1.807) is 11.9 Å². The molecular formula is C13H26N2O3. The van der Waals surface area contributed by atoms with Crippen molar-refractivity contribution in [3.05, 3.63) is 0 Å². The van der Waals surface area contributed by atoms with Gasteiger partial charge in [-0.05, 0) is 31.7 Å². The number of amides is 1. The molecule has 0 aromatic carbocycles. The Bertz CT molecular complexity index is 257. The fourth-order valence-electron chi connectivity index (χ4n) is 1.90. The van der Waals surface area contributed by atoms with E-state index in [1.165, 1.54) is 0 Å². The molecule has 0 spiro atoms. The van der Waals surface area contributed by atoms with Gasteiger partial charge in [-0.1, -0.05) is 13.3 Å². The molecule has 0 aromatic heterocycles. The van der Waals surface area contributed by atoms with Gasteiger partial charge in [0, 0.05) is 26.4 Å². The van der Waals surface area contributed by atoms with E-state index in [9.17, 15) is 9.59 Å². The molecule has 0 rings (SSSR count). The van der Waals surface area contributed by atoms with E-state index in [2.05, 4.69) is 6.92 Å². The lowest BCUT2D eigenvalue weighted by molar-refractivity contribution is -0.138. The molecule has 106 valence electrons. The molecule has 0 aromatic rings. The summed E-state index contributed by atoms with van der Waals surface area (Å²) >= 11 is 0. The average Bonchev–Trinajstić information content (AvgIpc) is 2.33. The van der Waals surface area contributed by atoms with Gasteiger partial charge in [-0.3, -0.25) is 9.59 Å². The van der Waals surface area contributed by atoms with E-state index in [0.29, 0.717) is 31.8 Å². The van der Waals surface area contributed by atoms with Crippen LogP contribution in [0.25, 0.3) is 0 Å². The smallest absolute Gasteiger partial charge is 0.303 e. The van der Waals surface area contributed by atoms with E-state index in [4.69, 9.17) is 10.8 Å². The van der Waals surface area contributed by atoms with Crippen molar-refractivity contribution >= 4 is 11.9 Å². The van der Waals surface area contributed by atoms with E-state index < -0.39 is 5.97 Å². The summed E-state index contributed by atoms with van der Waals surface area (Å²) in [4.78, 5) is 23.8. The molecule has 3 N–H and O–H groups in total. The summed E-state index contributed by atoms with van der Waals surface area (Å²) in [6.07, 6.45) is 4.04. The van der Waals surface area contributed by atoms with Gasteiger partial charge >= 0.3 is 5.97 Å². The van der Waals surface area contributed by atoms with Gasteiger partial charge in [-0.25, -0.2) is 0 Å². The molecule has 5 nitrogen and oxygen atoms in total. The molecule has 5 heteroatoms. The van der Waals surface area contributed by atoms with Crippen LogP contribution in [0.4, 0.5) is 0 Å². The zero-order valence-electron chi connectivity index (χ0n) is 11.5. The van der Waals surface area contributed by atoms with Crippen molar-refractivity contribution in [3.63, 3.8) is 0 Å². The summed E-state index contributed by atoms with van der Waals surface area (Å²) in [5.74, 6) is -0.202. The topological polar surface area (TPSA) is 83.6 Å². The van der Waals surface area contributed by atoms with Gasteiger partial charge in [0.05, 0.1) is 0 Å². The third-order valence-corrected chi connectivity index (χ3v) is 3.23. The molecule has 0 aliphatic carbocycles. The predicted molar refractivity (Wildman–Crippen MR) is 71.2 cm³/mol. The van der Waals surface area contributed by atoms with Crippen LogP contribution in [0.5, 0.6) is 0 Å². The Morgan fingerprint density at radius 2 is 1.94 bits per heavy atom. The first-order valence-corrected chi connectivity index (χ1v) is 6.67. The van der Waals surface area contributed by atoms with Crippen LogP contribution in [0.1, 0.15) is 45.4 Å². The Kier molecular flexibility index (Phi) is 9.28. The molecule has 18 heavy (non-hydrogen) atoms. The van der Waals surface area contributed by atoms with Crippen LogP contribution in [-0.2, 0) is 9.59 Å². The molecule has 0 bridgehead atoms. The van der Waals surface area contributed by atoms with Gasteiger partial charge in [0.1, 0.15) is 0 Å². The molecule has 0 fully saturated rings. The van der Waals surface area contributed by atoms with Crippen molar-refractivity contribution < 1.29 is 14.7 Å². The molecule has 0 aliphatic heterocycles. The van der Waals surface area contributed by atoms with Crippen molar-refractivity contribution in [2.24, 2.45) is 11.7 Å². The number of nitrogens with two attached hydrogens (primary N) is 1. The summed E-state index contributed by atoms with van der Waals surface area (Å²) in [5.41, 5.74) is 5.51. The van der Waals surface area contributed by atoms with Gasteiger partial charge in [0.2, 0.25) is 5.91 Å². The van der Waals surface area contributed by atoms with Crippen molar-refractivity contribution in [2.75, 3.05) is 20.1 Å². The van der Waals surface area contributed by atoms with Crippen molar-refractivity contribution in [1.29, 1.82) is 0 Å². The number of rotatable bonds is 10. The first-order valence-electron chi connectivity index (χ1n) is 6.67. The largest absolute Gasteiger partial charge is 0.481 e. The fourth-order valence-corrected chi connectivity index (χ4v) is 1.90. The molecule has 1 unspecified atom stereocenters. The second-order valence-electron chi connectivity index (χ2n) is 4.70. The number of carboxylic acids is 1. The van der Waals surface area contributed by atoms with Gasteiger partial charge in [0.15, 0.2) is 0 Å². The van der Waals surface area contributed by atoms with Crippen molar-refractivity contribution in [1.82, 2.24) is 4.90 Å². The summed E-state index contributed by atoms with van der Waals surface area (Å²) < 4.78 is 0. The second-order valence-corrected chi connectivity index (χ2v) is 4.70. The lowest BCUT2D eigenvalue weighted by Gasteiger charge is -2.19. The summed E-state index contributed by atoms with van der Waals surface area (Å²) in [5, 5.41) is 8.52. The van der Waals surface area contributed by atoms with Gasteiger partial charge in [-0.2, -0.15) is 0 Å². The van der Waals surface area contributed by atoms with Crippen LogP contribution in [0, 0.1) is 5.92 Å². The number of carboxylic acid groups (broad SMARTS) is 1. The number of nitrogens with zero attached hydrogens (tertiary/aromatic N) is 1. The minimum atomic E-state index is -0.815. The first-order chi connectivity index (χ1) is 8.51. The summed E-state index contributed by atoms with van der Waals surface area (Å²) in [7, 11) is 1.73. The Morgan fingerprint density at radius 3 is 2.44 bits per heavy atom. The third kappa shape index (κ3) is 8.06. The highest BCUT2D eigenvalue weighted by Gasteiger charge is 2.12. The van der Waals surface area contributed by atoms with E-state index >= 15 is 0 Å². The van der Waals surface area contributed by atoms with E-state index in [-0.39, 0.29) is 12.3 Å². The highest BCUT2D eigenvalue weighted by molar-refractivity contribution is 5.75. The zero-order chi connectivity index (χ0) is 14.0. The molecule has 0 aliphatic rings. The first kappa shape index (κ1) is 16.9. The van der Waals surface area contributed by atoms with Crippen LogP contribution >= 0.6 is 0 Å². The second kappa shape index (κ2) is 9.88. The lowest BCUT2D eigenvalue weighted by Crippen LogP contribution is -2.28. The summed E-state index contributed by atoms with van der Waals surface area (Å²) in [6.45, 7) is 3.29. The highest BCUT2D eigenvalue weighted by Crippen LogP contribution is 2.15. The maximum Gasteiger partial charge on any atom is 0.303 e. The van der Waals surface area contributed by atoms with Crippen LogP contribution in [-0.4, -0.2) is 42.0 Å². The minimum Gasteiger partial charge on any atom is -0.481 e. The zero-order valence-corrected chi connectivity index (χ0v) is 11.5. The Hall–Kier alpha value is -1.10. The maximum atomic E-state index is 11.8. The average molecular weight is 258 g/mol. The summed E-state index contributed by atoms with van der Waals surface area (Å²) in [6, 6.07) is 0. The number of hydrogen-bond acceptors (Lipinski definition) is 3. The lowest BCUT2D eigenvalue weighted by atomic mass is 9.96. The monoisotopic (exact) mass is 258 g/mol. The number of carbonyl (C=O) groups is 2. The quantitative estimate of drug-likeness (QED) is 0.621. The van der Waals surface area contributed by atoms with Gasteiger partial charge in [0.25, 0.3) is 0 Å². The van der Waals surface area contributed by atoms with Crippen LogP contribution in [0.3, 0.4) is 0 Å². The van der Waals surface area contributed by atoms with Crippen molar-refractivity contribution in [3.8, 4) is 0 Å². The number of hydrogen-bond donors (Lipinski definition) is 2. The molecule has 0 heterocycles. The molecule has 1 amide bonds. The van der Waals surface area contributed by atoms with Crippen LogP contribution in [0.2, 0.25) is 0 Å². The number of carbonyl (C=O) groups excluding carboxylic acids is 1. The minimum absolute atomic E-state index is 0.0934. The van der Waals surface area contributed by atoms with Crippen LogP contribution < -0.4 is 5.73 Å². The number of aliphatic carboxylic acids is 1. The molecule has 0 radical (unpaired) electrons. The Labute approximate surface area is 109 Å². The van der Waals surface area contributed by atoms with Gasteiger partial charge < -0.3 is 15.7 Å². The predicted octanol–water partition coefficient (Wildman–Crippen LogP) is 1.46. The van der Waals surface area contributed by atoms with Crippen LogP contribution in [0.15, 0.2) is 0 Å². The molecule has 0 saturated heterocycles. The van der Waals surface area contributed by atoms with E-state index in [0.717, 1.165) is 19.3 Å². The Morgan fingerprint density at radius 1 is 1.28 bits per heavy atom. The normalized spacial score (nSPS) is 12.2. The van der Waals surface area contributed by atoms with E-state index in [1.807, 2.05) is 0 Å². The molecule has 0 saturated carbocycles. The van der Waals surface area contributed by atoms with Crippen molar-refractivity contribution in [2.45, 2.75) is 45.4 Å². The fraction of sp³-hybridized carbons (Fsp3) is 0.846. The maximum absolute atomic E-state index is 11.8. The molecular weight excluding hydrogens is 232 g/mol. The third-order valence-electron chi connectivity index (χ3n) is 3.23. The standard InChI is InChI=1S/C13H26N2O3/c1-3-11(8-9-14)6-7-12(16)15(2)10-4-5-13(17)18/h11H,3-10,14H2,1-2H3,(H,17,18). The van der Waals surface area contributed by atoms with Gasteiger partial charge in [-0.15, -0.1) is 0 Å². The molecule has 1 atom stereocenters. The highest BCUT2D eigenvalue weighted by atomic mass is 16.4.